The molecule has 0 atom stereocenters. The molecule has 0 aromatic heterocycles. The highest BCUT2D eigenvalue weighted by atomic mass is 35.5. The molecule has 2 N–H and O–H groups in total. The molecule has 0 radical (unpaired) electrons. The maximum Gasteiger partial charge on any atom is 0.418 e. The number of nitro benzene ring substituents is 1. The first kappa shape index (κ1) is 18.9. The highest BCUT2D eigenvalue weighted by Gasteiger charge is 2.35. The van der Waals surface area contributed by atoms with Crippen LogP contribution >= 0.6 is 23.8 Å². The third kappa shape index (κ3) is 4.80. The molecule has 2 rings (SSSR count). The van der Waals surface area contributed by atoms with Gasteiger partial charge in [-0.15, -0.1) is 0 Å². The summed E-state index contributed by atoms with van der Waals surface area (Å²) in [7, 11) is 0. The molecule has 2 aromatic carbocycles. The molecule has 0 saturated heterocycles. The number of thiocarbonyl (C=S) groups is 1. The molecule has 0 aliphatic rings. The zero-order chi connectivity index (χ0) is 18.8. The van der Waals surface area contributed by atoms with Crippen LogP contribution in [0.5, 0.6) is 0 Å². The molecular weight excluding hydrogens is 379 g/mol. The largest absolute Gasteiger partial charge is 0.418 e. The Kier molecular flexibility index (Phi) is 5.48. The molecule has 0 spiro atoms. The lowest BCUT2D eigenvalue weighted by molar-refractivity contribution is -0.385. The monoisotopic (exact) mass is 389 g/mol. The topological polar surface area (TPSA) is 67.2 Å². The average Bonchev–Trinajstić information content (AvgIpc) is 2.50. The van der Waals surface area contributed by atoms with Crippen molar-refractivity contribution in [2.75, 3.05) is 10.6 Å². The van der Waals surface area contributed by atoms with E-state index in [-0.39, 0.29) is 5.11 Å². The fourth-order valence-electron chi connectivity index (χ4n) is 1.99. The summed E-state index contributed by atoms with van der Waals surface area (Å²) >= 11 is 10.9. The van der Waals surface area contributed by atoms with Gasteiger partial charge >= 0.3 is 6.18 Å². The van der Waals surface area contributed by atoms with Gasteiger partial charge in [0.05, 0.1) is 16.2 Å². The van der Waals surface area contributed by atoms with E-state index in [1.165, 1.54) is 0 Å². The minimum absolute atomic E-state index is 0.107. The SMILES string of the molecule is Cc1ccc(Cl)cc1NC(=S)Nc1ccc([N+](=O)[O-])cc1C(F)(F)F. The van der Waals surface area contributed by atoms with Gasteiger partial charge in [-0.25, -0.2) is 0 Å². The Hall–Kier alpha value is -2.39. The number of nitrogens with zero attached hydrogens (tertiary/aromatic N) is 1. The molecule has 5 nitrogen and oxygen atoms in total. The summed E-state index contributed by atoms with van der Waals surface area (Å²) in [6, 6.07) is 7.34. The van der Waals surface area contributed by atoms with Gasteiger partial charge in [0.2, 0.25) is 0 Å². The molecule has 132 valence electrons. The van der Waals surface area contributed by atoms with Crippen LogP contribution in [0.15, 0.2) is 36.4 Å². The quantitative estimate of drug-likeness (QED) is 0.419. The van der Waals surface area contributed by atoms with E-state index in [4.69, 9.17) is 23.8 Å². The van der Waals surface area contributed by atoms with E-state index >= 15 is 0 Å². The van der Waals surface area contributed by atoms with Gasteiger partial charge in [-0.05, 0) is 42.9 Å². The van der Waals surface area contributed by atoms with Crippen LogP contribution in [0.4, 0.5) is 30.2 Å². The fraction of sp³-hybridized carbons (Fsp3) is 0.133. The first-order valence-electron chi connectivity index (χ1n) is 6.77. The van der Waals surface area contributed by atoms with Gasteiger partial charge in [-0.3, -0.25) is 10.1 Å². The number of nitro groups is 1. The number of benzene rings is 2. The van der Waals surface area contributed by atoms with Gasteiger partial charge in [0.1, 0.15) is 0 Å². The predicted molar refractivity (Wildman–Crippen MR) is 94.1 cm³/mol. The van der Waals surface area contributed by atoms with Crippen LogP contribution in [0.1, 0.15) is 11.1 Å². The third-order valence-electron chi connectivity index (χ3n) is 3.22. The van der Waals surface area contributed by atoms with Gasteiger partial charge in [0.15, 0.2) is 5.11 Å². The van der Waals surface area contributed by atoms with E-state index in [0.29, 0.717) is 16.8 Å². The fourth-order valence-corrected chi connectivity index (χ4v) is 2.39. The molecular formula is C15H11ClF3N3O2S. The summed E-state index contributed by atoms with van der Waals surface area (Å²) in [6.45, 7) is 1.77. The average molecular weight is 390 g/mol. The summed E-state index contributed by atoms with van der Waals surface area (Å²) in [5.41, 5.74) is -0.930. The lowest BCUT2D eigenvalue weighted by atomic mass is 10.1. The van der Waals surface area contributed by atoms with Gasteiger partial charge in [-0.1, -0.05) is 17.7 Å². The minimum atomic E-state index is -4.78. The Morgan fingerprint density at radius 2 is 1.80 bits per heavy atom. The van der Waals surface area contributed by atoms with E-state index in [0.717, 1.165) is 17.7 Å². The number of rotatable bonds is 3. The number of hydrogen-bond acceptors (Lipinski definition) is 3. The van der Waals surface area contributed by atoms with Crippen molar-refractivity contribution in [3.63, 3.8) is 0 Å². The molecule has 0 saturated carbocycles. The smallest absolute Gasteiger partial charge is 0.332 e. The van der Waals surface area contributed by atoms with Crippen LogP contribution < -0.4 is 10.6 Å². The molecule has 0 fully saturated rings. The maximum atomic E-state index is 13.1. The number of halogens is 4. The molecule has 2 aromatic rings. The lowest BCUT2D eigenvalue weighted by Gasteiger charge is -2.16. The van der Waals surface area contributed by atoms with Crippen molar-refractivity contribution in [3.05, 3.63) is 62.7 Å². The molecule has 0 heterocycles. The second-order valence-corrected chi connectivity index (χ2v) is 5.87. The second kappa shape index (κ2) is 7.24. The molecule has 0 aliphatic carbocycles. The Labute approximate surface area is 150 Å². The van der Waals surface area contributed by atoms with E-state index in [2.05, 4.69) is 10.6 Å². The van der Waals surface area contributed by atoms with E-state index < -0.39 is 28.0 Å². The van der Waals surface area contributed by atoms with Crippen molar-refractivity contribution >= 4 is 46.0 Å². The van der Waals surface area contributed by atoms with Crippen LogP contribution in [-0.4, -0.2) is 10.0 Å². The van der Waals surface area contributed by atoms with Crippen molar-refractivity contribution in [1.29, 1.82) is 0 Å². The number of alkyl halides is 3. The number of nitrogens with one attached hydrogen (secondary N) is 2. The molecule has 0 amide bonds. The van der Waals surface area contributed by atoms with Crippen LogP contribution in [0.3, 0.4) is 0 Å². The Morgan fingerprint density at radius 1 is 1.16 bits per heavy atom. The van der Waals surface area contributed by atoms with Crippen molar-refractivity contribution in [2.24, 2.45) is 0 Å². The third-order valence-corrected chi connectivity index (χ3v) is 3.65. The minimum Gasteiger partial charge on any atom is -0.332 e. The van der Waals surface area contributed by atoms with Crippen molar-refractivity contribution < 1.29 is 18.1 Å². The number of non-ortho nitro benzene ring substituents is 1. The first-order valence-corrected chi connectivity index (χ1v) is 7.56. The summed E-state index contributed by atoms with van der Waals surface area (Å²) in [4.78, 5) is 9.79. The molecule has 10 heteroatoms. The standard InChI is InChI=1S/C15H11ClF3N3O2S/c1-8-2-3-9(16)6-13(8)21-14(25)20-12-5-4-10(22(23)24)7-11(12)15(17,18)19/h2-7H,1H3,(H2,20,21,25). The molecule has 25 heavy (non-hydrogen) atoms. The molecule has 0 aliphatic heterocycles. The first-order chi connectivity index (χ1) is 11.6. The van der Waals surface area contributed by atoms with Gasteiger partial charge in [0, 0.05) is 22.8 Å². The molecule has 0 unspecified atom stereocenters. The van der Waals surface area contributed by atoms with Gasteiger partial charge in [-0.2, -0.15) is 13.2 Å². The second-order valence-electron chi connectivity index (χ2n) is 5.02. The maximum absolute atomic E-state index is 13.1. The normalized spacial score (nSPS) is 11.1. The Morgan fingerprint density at radius 3 is 2.40 bits per heavy atom. The number of hydrogen-bond donors (Lipinski definition) is 2. The van der Waals surface area contributed by atoms with Crippen LogP contribution in [0.2, 0.25) is 5.02 Å². The lowest BCUT2D eigenvalue weighted by Crippen LogP contribution is -2.22. The van der Waals surface area contributed by atoms with Crippen molar-refractivity contribution in [2.45, 2.75) is 13.1 Å². The molecule has 0 bridgehead atoms. The van der Waals surface area contributed by atoms with Crippen LogP contribution in [-0.2, 0) is 6.18 Å². The predicted octanol–water partition coefficient (Wildman–Crippen LogP) is 5.38. The van der Waals surface area contributed by atoms with Gasteiger partial charge in [0.25, 0.3) is 5.69 Å². The highest BCUT2D eigenvalue weighted by molar-refractivity contribution is 7.80. The highest BCUT2D eigenvalue weighted by Crippen LogP contribution is 2.37. The number of anilines is 2. The zero-order valence-electron chi connectivity index (χ0n) is 12.6. The Balaban J connectivity index is 2.28. The zero-order valence-corrected chi connectivity index (χ0v) is 14.2. The van der Waals surface area contributed by atoms with Crippen molar-refractivity contribution in [1.82, 2.24) is 0 Å². The number of aryl methyl sites for hydroxylation is 1. The summed E-state index contributed by atoms with van der Waals surface area (Å²) in [6.07, 6.45) is -4.78. The van der Waals surface area contributed by atoms with E-state index in [1.54, 1.807) is 25.1 Å². The van der Waals surface area contributed by atoms with Crippen LogP contribution in [0, 0.1) is 17.0 Å². The van der Waals surface area contributed by atoms with Gasteiger partial charge < -0.3 is 10.6 Å². The summed E-state index contributed by atoms with van der Waals surface area (Å²) < 4.78 is 39.4. The van der Waals surface area contributed by atoms with Crippen LogP contribution in [0.25, 0.3) is 0 Å². The van der Waals surface area contributed by atoms with Crippen molar-refractivity contribution in [3.8, 4) is 0 Å². The summed E-state index contributed by atoms with van der Waals surface area (Å²) in [5.74, 6) is 0. The summed E-state index contributed by atoms with van der Waals surface area (Å²) in [5, 5.41) is 16.2. The Bertz CT molecular complexity index is 843. The van der Waals surface area contributed by atoms with E-state index in [9.17, 15) is 23.3 Å². The van der Waals surface area contributed by atoms with E-state index in [1.807, 2.05) is 0 Å².